The molecule has 2 aromatic rings. The van der Waals surface area contributed by atoms with Crippen LogP contribution in [0.5, 0.6) is 0 Å². The normalized spacial score (nSPS) is 12.3. The maximum Gasteiger partial charge on any atom is 0.0620 e. The first-order valence-corrected chi connectivity index (χ1v) is 7.32. The summed E-state index contributed by atoms with van der Waals surface area (Å²) in [6.45, 7) is 0. The highest BCUT2D eigenvalue weighted by molar-refractivity contribution is 7.84. The lowest BCUT2D eigenvalue weighted by Gasteiger charge is -2.06. The van der Waals surface area contributed by atoms with Crippen molar-refractivity contribution in [2.75, 3.05) is 5.73 Å². The summed E-state index contributed by atoms with van der Waals surface area (Å²) in [4.78, 5) is 0.642. The van der Waals surface area contributed by atoms with Crippen LogP contribution in [0.15, 0.2) is 47.4 Å². The standard InChI is InChI=1S/C13H11Cl2NOS/c14-10-6-5-9(7-11(10)15)8-18(17)13-4-2-1-3-12(13)16/h1-7H,8,16H2. The molecular formula is C13H11Cl2NOS. The van der Waals surface area contributed by atoms with E-state index in [1.807, 2.05) is 18.2 Å². The molecule has 2 rings (SSSR count). The molecule has 2 N–H and O–H groups in total. The summed E-state index contributed by atoms with van der Waals surface area (Å²) in [5.74, 6) is 0.366. The van der Waals surface area contributed by atoms with Crippen molar-refractivity contribution in [3.05, 3.63) is 58.1 Å². The van der Waals surface area contributed by atoms with Crippen LogP contribution in [-0.4, -0.2) is 4.21 Å². The average molecular weight is 300 g/mol. The van der Waals surface area contributed by atoms with Crippen LogP contribution in [0, 0.1) is 0 Å². The Morgan fingerprint density at radius 1 is 1.06 bits per heavy atom. The average Bonchev–Trinajstić information content (AvgIpc) is 2.34. The van der Waals surface area contributed by atoms with E-state index in [9.17, 15) is 4.21 Å². The summed E-state index contributed by atoms with van der Waals surface area (Å²) >= 11 is 11.8. The summed E-state index contributed by atoms with van der Waals surface area (Å²) in [5, 5.41) is 0.956. The fraction of sp³-hybridized carbons (Fsp3) is 0.0769. The fourth-order valence-corrected chi connectivity index (χ4v) is 3.07. The van der Waals surface area contributed by atoms with E-state index in [0.29, 0.717) is 26.4 Å². The first kappa shape index (κ1) is 13.4. The number of halogens is 2. The lowest BCUT2D eigenvalue weighted by molar-refractivity contribution is 0.683. The van der Waals surface area contributed by atoms with E-state index in [-0.39, 0.29) is 0 Å². The molecule has 0 aliphatic carbocycles. The van der Waals surface area contributed by atoms with Gasteiger partial charge in [0.2, 0.25) is 0 Å². The van der Waals surface area contributed by atoms with Gasteiger partial charge in [0.25, 0.3) is 0 Å². The van der Waals surface area contributed by atoms with E-state index in [4.69, 9.17) is 28.9 Å². The molecule has 0 saturated carbocycles. The van der Waals surface area contributed by atoms with Crippen LogP contribution in [0.2, 0.25) is 10.0 Å². The fourth-order valence-electron chi connectivity index (χ4n) is 1.55. The maximum absolute atomic E-state index is 12.2. The molecule has 0 aliphatic heterocycles. The third-order valence-electron chi connectivity index (χ3n) is 2.45. The van der Waals surface area contributed by atoms with E-state index in [1.165, 1.54) is 0 Å². The Labute approximate surface area is 118 Å². The molecule has 0 spiro atoms. The van der Waals surface area contributed by atoms with Crippen LogP contribution in [0.4, 0.5) is 5.69 Å². The number of rotatable bonds is 3. The van der Waals surface area contributed by atoms with Crippen molar-refractivity contribution in [2.45, 2.75) is 10.6 Å². The highest BCUT2D eigenvalue weighted by Gasteiger charge is 2.09. The quantitative estimate of drug-likeness (QED) is 0.874. The van der Waals surface area contributed by atoms with Crippen molar-refractivity contribution in [2.24, 2.45) is 0 Å². The van der Waals surface area contributed by atoms with Gasteiger partial charge in [-0.25, -0.2) is 0 Å². The molecule has 0 aromatic heterocycles. The van der Waals surface area contributed by atoms with Crippen molar-refractivity contribution in [1.82, 2.24) is 0 Å². The number of nitrogens with two attached hydrogens (primary N) is 1. The second-order valence-electron chi connectivity index (χ2n) is 3.78. The van der Waals surface area contributed by atoms with Gasteiger partial charge in [0, 0.05) is 5.69 Å². The van der Waals surface area contributed by atoms with Gasteiger partial charge in [0.1, 0.15) is 0 Å². The Morgan fingerprint density at radius 2 is 1.78 bits per heavy atom. The molecule has 0 bridgehead atoms. The Morgan fingerprint density at radius 3 is 2.44 bits per heavy atom. The van der Waals surface area contributed by atoms with Crippen LogP contribution in [0.25, 0.3) is 0 Å². The Kier molecular flexibility index (Phi) is 4.27. The zero-order valence-corrected chi connectivity index (χ0v) is 11.7. The highest BCUT2D eigenvalue weighted by Crippen LogP contribution is 2.25. The van der Waals surface area contributed by atoms with Crippen LogP contribution in [-0.2, 0) is 16.6 Å². The van der Waals surface area contributed by atoms with E-state index >= 15 is 0 Å². The van der Waals surface area contributed by atoms with E-state index in [1.54, 1.807) is 24.3 Å². The third-order valence-corrected chi connectivity index (χ3v) is 4.64. The number of anilines is 1. The Bertz CT molecular complexity index is 601. The smallest absolute Gasteiger partial charge is 0.0620 e. The molecule has 1 unspecified atom stereocenters. The Hall–Kier alpha value is -1.03. The van der Waals surface area contributed by atoms with Crippen molar-refractivity contribution >= 4 is 39.7 Å². The van der Waals surface area contributed by atoms with E-state index in [2.05, 4.69) is 0 Å². The molecule has 0 radical (unpaired) electrons. The number of hydrogen-bond donors (Lipinski definition) is 1. The molecule has 0 saturated heterocycles. The molecule has 0 amide bonds. The van der Waals surface area contributed by atoms with Crippen molar-refractivity contribution in [1.29, 1.82) is 0 Å². The predicted molar refractivity (Wildman–Crippen MR) is 77.4 cm³/mol. The van der Waals surface area contributed by atoms with Gasteiger partial charge in [-0.1, -0.05) is 41.4 Å². The van der Waals surface area contributed by atoms with Crippen molar-refractivity contribution < 1.29 is 4.21 Å². The SMILES string of the molecule is Nc1ccccc1S(=O)Cc1ccc(Cl)c(Cl)c1. The minimum Gasteiger partial charge on any atom is -0.398 e. The summed E-state index contributed by atoms with van der Waals surface area (Å²) in [6.07, 6.45) is 0. The summed E-state index contributed by atoms with van der Waals surface area (Å²) in [5.41, 5.74) is 7.19. The molecule has 94 valence electrons. The highest BCUT2D eigenvalue weighted by atomic mass is 35.5. The lowest BCUT2D eigenvalue weighted by atomic mass is 10.2. The van der Waals surface area contributed by atoms with Gasteiger partial charge in [-0.15, -0.1) is 0 Å². The van der Waals surface area contributed by atoms with Gasteiger partial charge >= 0.3 is 0 Å². The van der Waals surface area contributed by atoms with Crippen molar-refractivity contribution in [3.8, 4) is 0 Å². The van der Waals surface area contributed by atoms with E-state index in [0.717, 1.165) is 5.56 Å². The summed E-state index contributed by atoms with van der Waals surface area (Å²) < 4.78 is 12.2. The third kappa shape index (κ3) is 3.05. The van der Waals surface area contributed by atoms with Crippen LogP contribution < -0.4 is 5.73 Å². The Balaban J connectivity index is 2.22. The topological polar surface area (TPSA) is 43.1 Å². The van der Waals surface area contributed by atoms with Gasteiger partial charge < -0.3 is 5.73 Å². The monoisotopic (exact) mass is 299 g/mol. The molecule has 0 heterocycles. The van der Waals surface area contributed by atoms with Crippen LogP contribution in [0.1, 0.15) is 5.56 Å². The molecule has 1 atom stereocenters. The molecular weight excluding hydrogens is 289 g/mol. The lowest BCUT2D eigenvalue weighted by Crippen LogP contribution is -2.00. The second kappa shape index (κ2) is 5.74. The predicted octanol–water partition coefficient (Wildman–Crippen LogP) is 3.88. The molecule has 2 nitrogen and oxygen atoms in total. The molecule has 18 heavy (non-hydrogen) atoms. The number of benzene rings is 2. The number of hydrogen-bond acceptors (Lipinski definition) is 2. The van der Waals surface area contributed by atoms with E-state index < -0.39 is 10.8 Å². The first-order chi connectivity index (χ1) is 8.58. The minimum absolute atomic E-state index is 0.366. The summed E-state index contributed by atoms with van der Waals surface area (Å²) in [6, 6.07) is 12.4. The summed E-state index contributed by atoms with van der Waals surface area (Å²) in [7, 11) is -1.19. The van der Waals surface area contributed by atoms with Gasteiger partial charge in [0.05, 0.1) is 31.5 Å². The minimum atomic E-state index is -1.19. The number of para-hydroxylation sites is 1. The maximum atomic E-state index is 12.2. The molecule has 2 aromatic carbocycles. The van der Waals surface area contributed by atoms with Gasteiger partial charge in [-0.2, -0.15) is 0 Å². The largest absolute Gasteiger partial charge is 0.398 e. The van der Waals surface area contributed by atoms with Gasteiger partial charge in [0.15, 0.2) is 0 Å². The van der Waals surface area contributed by atoms with Gasteiger partial charge in [-0.3, -0.25) is 4.21 Å². The molecule has 0 fully saturated rings. The first-order valence-electron chi connectivity index (χ1n) is 5.25. The zero-order valence-electron chi connectivity index (χ0n) is 9.40. The van der Waals surface area contributed by atoms with Crippen molar-refractivity contribution in [3.63, 3.8) is 0 Å². The van der Waals surface area contributed by atoms with Crippen LogP contribution >= 0.6 is 23.2 Å². The van der Waals surface area contributed by atoms with Gasteiger partial charge in [-0.05, 0) is 29.8 Å². The second-order valence-corrected chi connectivity index (χ2v) is 6.01. The molecule has 5 heteroatoms. The molecule has 0 aliphatic rings. The van der Waals surface area contributed by atoms with Crippen LogP contribution in [0.3, 0.4) is 0 Å². The number of nitrogen functional groups attached to an aromatic ring is 1. The zero-order chi connectivity index (χ0) is 13.1.